The van der Waals surface area contributed by atoms with Crippen molar-refractivity contribution in [2.75, 3.05) is 6.54 Å². The second kappa shape index (κ2) is 8.65. The smallest absolute Gasteiger partial charge is 0.137 e. The highest BCUT2D eigenvalue weighted by Crippen LogP contribution is 2.58. The molecule has 3 aliphatic carbocycles. The van der Waals surface area contributed by atoms with Crippen molar-refractivity contribution >= 4 is 0 Å². The van der Waals surface area contributed by atoms with E-state index in [0.29, 0.717) is 18.1 Å². The van der Waals surface area contributed by atoms with E-state index in [9.17, 15) is 0 Å². The molecular formula is C26H49N3O+2. The Morgan fingerprint density at radius 3 is 2.47 bits per heavy atom. The van der Waals surface area contributed by atoms with Crippen LogP contribution in [-0.4, -0.2) is 30.0 Å². The van der Waals surface area contributed by atoms with Crippen LogP contribution in [0.25, 0.3) is 0 Å². The summed E-state index contributed by atoms with van der Waals surface area (Å²) in [5, 5.41) is 2.39. The summed E-state index contributed by atoms with van der Waals surface area (Å²) in [6.07, 6.45) is 21.0. The van der Waals surface area contributed by atoms with Gasteiger partial charge in [-0.1, -0.05) is 32.1 Å². The third-order valence-electron chi connectivity index (χ3n) is 10.5. The van der Waals surface area contributed by atoms with E-state index in [1.54, 1.807) is 0 Å². The molecule has 6 rings (SSSR count). The van der Waals surface area contributed by atoms with Crippen molar-refractivity contribution < 1.29 is 15.8 Å². The Kier molecular flexibility index (Phi) is 6.25. The zero-order chi connectivity index (χ0) is 20.8. The Morgan fingerprint density at radius 1 is 0.933 bits per heavy atom. The highest BCUT2D eigenvalue weighted by Gasteiger charge is 2.62. The van der Waals surface area contributed by atoms with Gasteiger partial charge in [0.25, 0.3) is 0 Å². The van der Waals surface area contributed by atoms with E-state index in [1.807, 2.05) is 0 Å². The van der Waals surface area contributed by atoms with Gasteiger partial charge in [-0.2, -0.15) is 0 Å². The van der Waals surface area contributed by atoms with E-state index in [4.69, 9.17) is 16.2 Å². The highest BCUT2D eigenvalue weighted by atomic mass is 16.5. The van der Waals surface area contributed by atoms with Gasteiger partial charge in [-0.3, -0.25) is 5.73 Å². The summed E-state index contributed by atoms with van der Waals surface area (Å²) in [6, 6.07) is 0.606. The Hall–Kier alpha value is -0.160. The number of piperidine rings is 1. The van der Waals surface area contributed by atoms with Gasteiger partial charge in [0.05, 0.1) is 23.8 Å². The first-order chi connectivity index (χ1) is 14.5. The van der Waals surface area contributed by atoms with Gasteiger partial charge in [0.2, 0.25) is 0 Å². The van der Waals surface area contributed by atoms with E-state index in [1.165, 1.54) is 103 Å². The standard InChI is InChI=1S/C26H47N3O/c1-25(20-7-3-2-4-8-20)22-12-13-26(30-25,16-23(22)27)21-9-5-6-18(15-21)14-19-10-11-24(28)29-17-19/h18-24,29H,2-17,27-28H2,1H3/p+2. The van der Waals surface area contributed by atoms with E-state index >= 15 is 0 Å². The molecule has 3 heterocycles. The molecule has 0 aromatic rings. The molecule has 3 saturated carbocycles. The zero-order valence-electron chi connectivity index (χ0n) is 19.6. The molecule has 7 N–H and O–H groups in total. The summed E-state index contributed by atoms with van der Waals surface area (Å²) in [4.78, 5) is 0. The fraction of sp³-hybridized carbons (Fsp3) is 1.00. The second-order valence-electron chi connectivity index (χ2n) is 12.3. The predicted molar refractivity (Wildman–Crippen MR) is 120 cm³/mol. The second-order valence-corrected chi connectivity index (χ2v) is 12.3. The normalized spacial score (nSPS) is 50.5. The quantitative estimate of drug-likeness (QED) is 0.655. The molecule has 172 valence electrons. The molecule has 4 heteroatoms. The van der Waals surface area contributed by atoms with Crippen LogP contribution in [0.2, 0.25) is 0 Å². The van der Waals surface area contributed by atoms with Crippen molar-refractivity contribution in [2.45, 2.75) is 127 Å². The van der Waals surface area contributed by atoms with Crippen LogP contribution in [0.1, 0.15) is 103 Å². The van der Waals surface area contributed by atoms with Crippen molar-refractivity contribution in [1.82, 2.24) is 0 Å². The monoisotopic (exact) mass is 419 g/mol. The highest BCUT2D eigenvalue weighted by molar-refractivity contribution is 5.10. The topological polar surface area (TPSA) is 79.5 Å². The molecule has 4 nitrogen and oxygen atoms in total. The van der Waals surface area contributed by atoms with Crippen LogP contribution in [-0.2, 0) is 4.74 Å². The molecule has 0 aromatic heterocycles. The number of quaternary nitrogens is 2. The molecule has 0 amide bonds. The summed E-state index contributed by atoms with van der Waals surface area (Å²) in [6.45, 7) is 3.77. The molecule has 8 atom stereocenters. The summed E-state index contributed by atoms with van der Waals surface area (Å²) < 4.78 is 7.40. The lowest BCUT2D eigenvalue weighted by Gasteiger charge is -2.63. The van der Waals surface area contributed by atoms with E-state index in [2.05, 4.69) is 12.2 Å². The molecule has 0 spiro atoms. The summed E-state index contributed by atoms with van der Waals surface area (Å²) >= 11 is 0. The number of rotatable bonds is 4. The van der Waals surface area contributed by atoms with Crippen molar-refractivity contribution in [3.63, 3.8) is 0 Å². The Bertz CT molecular complexity index is 585. The third-order valence-corrected chi connectivity index (χ3v) is 10.5. The van der Waals surface area contributed by atoms with Gasteiger partial charge in [-0.25, -0.2) is 0 Å². The number of hydrogen-bond donors (Lipinski definition) is 3. The minimum Gasteiger partial charge on any atom is -0.367 e. The fourth-order valence-electron chi connectivity index (χ4n) is 8.90. The summed E-state index contributed by atoms with van der Waals surface area (Å²) in [7, 11) is 0. The Balaban J connectivity index is 1.28. The van der Waals surface area contributed by atoms with Crippen LogP contribution in [0.3, 0.4) is 0 Å². The minimum absolute atomic E-state index is 0.102. The molecule has 3 aliphatic heterocycles. The van der Waals surface area contributed by atoms with Crippen LogP contribution in [0, 0.1) is 29.6 Å². The van der Waals surface area contributed by atoms with Crippen LogP contribution < -0.4 is 16.8 Å². The van der Waals surface area contributed by atoms with Crippen molar-refractivity contribution in [1.29, 1.82) is 0 Å². The van der Waals surface area contributed by atoms with Gasteiger partial charge in [-0.05, 0) is 76.0 Å². The van der Waals surface area contributed by atoms with Gasteiger partial charge in [0, 0.05) is 24.7 Å². The molecule has 6 aliphatic rings. The molecular weight excluding hydrogens is 370 g/mol. The van der Waals surface area contributed by atoms with E-state index in [-0.39, 0.29) is 11.2 Å². The van der Waals surface area contributed by atoms with Crippen molar-refractivity contribution in [3.8, 4) is 0 Å². The maximum Gasteiger partial charge on any atom is 0.137 e. The van der Waals surface area contributed by atoms with Crippen LogP contribution in [0.5, 0.6) is 0 Å². The van der Waals surface area contributed by atoms with Gasteiger partial charge in [0.1, 0.15) is 6.17 Å². The first-order valence-corrected chi connectivity index (χ1v) is 13.6. The molecule has 6 fully saturated rings. The van der Waals surface area contributed by atoms with E-state index in [0.717, 1.165) is 23.7 Å². The molecule has 0 radical (unpaired) electrons. The average molecular weight is 420 g/mol. The molecule has 3 saturated heterocycles. The average Bonchev–Trinajstić information content (AvgIpc) is 2.76. The maximum atomic E-state index is 7.40. The van der Waals surface area contributed by atoms with Gasteiger partial charge >= 0.3 is 0 Å². The Labute approximate surface area is 184 Å². The van der Waals surface area contributed by atoms with Gasteiger partial charge < -0.3 is 15.8 Å². The number of nitrogens with two attached hydrogens (primary N) is 2. The lowest BCUT2D eigenvalue weighted by Crippen LogP contribution is -2.95. The SMILES string of the molecule is CC1(C2CCCCC2)OC2(C3CCCC(CC4CCC(N)[NH2+]C4)C3)CCC1C([NH3+])C2. The van der Waals surface area contributed by atoms with Crippen LogP contribution >= 0.6 is 0 Å². The van der Waals surface area contributed by atoms with Crippen molar-refractivity contribution in [3.05, 3.63) is 0 Å². The number of hydrogen-bond acceptors (Lipinski definition) is 2. The molecule has 0 aromatic carbocycles. The van der Waals surface area contributed by atoms with Crippen LogP contribution in [0.15, 0.2) is 0 Å². The first kappa shape index (κ1) is 21.7. The number of fused-ring (bicyclic) bond motifs is 3. The predicted octanol–water partition coefficient (Wildman–Crippen LogP) is 2.96. The van der Waals surface area contributed by atoms with E-state index < -0.39 is 0 Å². The summed E-state index contributed by atoms with van der Waals surface area (Å²) in [5.74, 6) is 4.06. The summed E-state index contributed by atoms with van der Waals surface area (Å²) in [5.41, 5.74) is 11.1. The minimum atomic E-state index is 0.102. The Morgan fingerprint density at radius 2 is 1.73 bits per heavy atom. The lowest BCUT2D eigenvalue weighted by molar-refractivity contribution is -0.703. The molecule has 30 heavy (non-hydrogen) atoms. The van der Waals surface area contributed by atoms with Gasteiger partial charge in [0.15, 0.2) is 0 Å². The lowest BCUT2D eigenvalue weighted by atomic mass is 9.55. The fourth-order valence-corrected chi connectivity index (χ4v) is 8.90. The maximum absolute atomic E-state index is 7.40. The largest absolute Gasteiger partial charge is 0.367 e. The molecule has 8 unspecified atom stereocenters. The molecule has 2 bridgehead atoms. The number of ether oxygens (including phenoxy) is 1. The van der Waals surface area contributed by atoms with Gasteiger partial charge in [-0.15, -0.1) is 0 Å². The third kappa shape index (κ3) is 4.00. The van der Waals surface area contributed by atoms with Crippen molar-refractivity contribution in [2.24, 2.45) is 35.3 Å². The van der Waals surface area contributed by atoms with Crippen LogP contribution in [0.4, 0.5) is 0 Å². The first-order valence-electron chi connectivity index (χ1n) is 13.6. The zero-order valence-corrected chi connectivity index (χ0v) is 19.6.